The normalized spacial score (nSPS) is 19.3. The van der Waals surface area contributed by atoms with E-state index in [9.17, 15) is 19.1 Å². The van der Waals surface area contributed by atoms with E-state index in [1.807, 2.05) is 0 Å². The Kier molecular flexibility index (Phi) is 5.69. The lowest BCUT2D eigenvalue weighted by molar-refractivity contribution is -0.175. The Bertz CT molecular complexity index is 880. The number of ether oxygens (including phenoxy) is 1. The first-order valence-electron chi connectivity index (χ1n) is 8.00. The Morgan fingerprint density at radius 3 is 2.74 bits per heavy atom. The van der Waals surface area contributed by atoms with Crippen molar-refractivity contribution < 1.29 is 23.8 Å². The molecule has 9 heteroatoms. The van der Waals surface area contributed by atoms with Gasteiger partial charge in [0.2, 0.25) is 0 Å². The first kappa shape index (κ1) is 19.6. The van der Waals surface area contributed by atoms with E-state index in [-0.39, 0.29) is 30.1 Å². The van der Waals surface area contributed by atoms with Gasteiger partial charge in [0.15, 0.2) is 0 Å². The van der Waals surface area contributed by atoms with Crippen LogP contribution < -0.4 is 10.2 Å². The Hall–Kier alpha value is -2.16. The van der Waals surface area contributed by atoms with Gasteiger partial charge in [-0.3, -0.25) is 4.79 Å². The lowest BCUT2D eigenvalue weighted by Gasteiger charge is -2.22. The lowest BCUT2D eigenvalue weighted by Crippen LogP contribution is -2.46. The molecular formula is C18H15BrClFN2O4. The van der Waals surface area contributed by atoms with Crippen LogP contribution in [0.1, 0.15) is 12.0 Å². The fraction of sp³-hybridized carbons (Fsp3) is 0.222. The maximum atomic E-state index is 13.8. The smallest absolute Gasteiger partial charge is 0.407 e. The fourth-order valence-electron chi connectivity index (χ4n) is 2.69. The maximum Gasteiger partial charge on any atom is 0.410 e. The van der Waals surface area contributed by atoms with Gasteiger partial charge in [0.25, 0.3) is 11.7 Å². The van der Waals surface area contributed by atoms with Gasteiger partial charge in [-0.2, -0.15) is 0 Å². The quantitative estimate of drug-likeness (QED) is 0.688. The van der Waals surface area contributed by atoms with Gasteiger partial charge in [0, 0.05) is 35.2 Å². The number of hydrogen-bond acceptors (Lipinski definition) is 4. The van der Waals surface area contributed by atoms with Crippen molar-refractivity contribution in [3.63, 3.8) is 0 Å². The molecule has 1 fully saturated rings. The maximum absolute atomic E-state index is 13.8. The van der Waals surface area contributed by atoms with Crippen molar-refractivity contribution in [1.29, 1.82) is 0 Å². The third-order valence-corrected chi connectivity index (χ3v) is 4.93. The Labute approximate surface area is 168 Å². The standard InChI is InChI=1S/C18H15BrClFN2O4/c19-12-4-6-13(7-5-12)23-9-8-18(26,16(23)24)27-17(25)22-10-11-2-1-3-14(20)15(11)21/h1-7,26H,8-10H2,(H,22,25)/t18-/m1/s1. The van der Waals surface area contributed by atoms with Gasteiger partial charge in [0.05, 0.1) is 5.02 Å². The number of nitrogens with zero attached hydrogens (tertiary/aromatic N) is 1. The molecule has 2 N–H and O–H groups in total. The predicted molar refractivity (Wildman–Crippen MR) is 101 cm³/mol. The van der Waals surface area contributed by atoms with E-state index in [4.69, 9.17) is 16.3 Å². The summed E-state index contributed by atoms with van der Waals surface area (Å²) in [7, 11) is 0. The zero-order valence-corrected chi connectivity index (χ0v) is 16.3. The minimum atomic E-state index is -2.27. The number of aliphatic hydroxyl groups is 1. The van der Waals surface area contributed by atoms with E-state index in [0.717, 1.165) is 4.47 Å². The molecule has 0 spiro atoms. The van der Waals surface area contributed by atoms with Crippen LogP contribution in [0.4, 0.5) is 14.9 Å². The van der Waals surface area contributed by atoms with Crippen molar-refractivity contribution in [3.05, 3.63) is 63.3 Å². The van der Waals surface area contributed by atoms with E-state index < -0.39 is 23.6 Å². The summed E-state index contributed by atoms with van der Waals surface area (Å²) >= 11 is 8.98. The summed E-state index contributed by atoms with van der Waals surface area (Å²) < 4.78 is 19.6. The second kappa shape index (κ2) is 7.84. The van der Waals surface area contributed by atoms with Crippen LogP contribution in [-0.4, -0.2) is 29.4 Å². The Morgan fingerprint density at radius 2 is 2.04 bits per heavy atom. The molecule has 2 aromatic rings. The summed E-state index contributed by atoms with van der Waals surface area (Å²) in [6.07, 6.45) is -1.12. The van der Waals surface area contributed by atoms with Crippen molar-refractivity contribution in [3.8, 4) is 0 Å². The minimum Gasteiger partial charge on any atom is -0.407 e. The number of carbonyl (C=O) groups excluding carboxylic acids is 2. The molecule has 1 aliphatic rings. The molecule has 0 aliphatic carbocycles. The van der Waals surface area contributed by atoms with Crippen LogP contribution in [0.25, 0.3) is 0 Å². The van der Waals surface area contributed by atoms with Gasteiger partial charge in [-0.15, -0.1) is 0 Å². The topological polar surface area (TPSA) is 78.9 Å². The summed E-state index contributed by atoms with van der Waals surface area (Å²) in [5.74, 6) is -3.67. The molecule has 0 bridgehead atoms. The van der Waals surface area contributed by atoms with Gasteiger partial charge in [-0.05, 0) is 30.3 Å². The summed E-state index contributed by atoms with van der Waals surface area (Å²) in [6, 6.07) is 11.3. The van der Waals surface area contributed by atoms with Crippen LogP contribution in [0.3, 0.4) is 0 Å². The number of halogens is 3. The molecule has 1 aliphatic heterocycles. The van der Waals surface area contributed by atoms with Gasteiger partial charge in [-0.25, -0.2) is 9.18 Å². The van der Waals surface area contributed by atoms with E-state index in [2.05, 4.69) is 21.2 Å². The molecule has 0 unspecified atom stereocenters. The lowest BCUT2D eigenvalue weighted by atomic mass is 10.2. The number of amides is 2. The van der Waals surface area contributed by atoms with E-state index in [1.165, 1.54) is 23.1 Å². The summed E-state index contributed by atoms with van der Waals surface area (Å²) in [5, 5.41) is 12.7. The number of alkyl carbamates (subject to hydrolysis) is 1. The molecule has 3 rings (SSSR count). The first-order chi connectivity index (χ1) is 12.8. The van der Waals surface area contributed by atoms with Crippen LogP contribution in [0.5, 0.6) is 0 Å². The fourth-order valence-corrected chi connectivity index (χ4v) is 3.15. The molecule has 1 atom stereocenters. The van der Waals surface area contributed by atoms with Crippen LogP contribution in [0.15, 0.2) is 46.9 Å². The van der Waals surface area contributed by atoms with Crippen molar-refractivity contribution in [2.45, 2.75) is 18.8 Å². The number of rotatable bonds is 4. The predicted octanol–water partition coefficient (Wildman–Crippen LogP) is 3.59. The number of benzene rings is 2. The largest absolute Gasteiger partial charge is 0.410 e. The molecular weight excluding hydrogens is 443 g/mol. The average molecular weight is 458 g/mol. The van der Waals surface area contributed by atoms with Crippen molar-refractivity contribution in [1.82, 2.24) is 5.32 Å². The Morgan fingerprint density at radius 1 is 1.33 bits per heavy atom. The van der Waals surface area contributed by atoms with Crippen molar-refractivity contribution in [2.75, 3.05) is 11.4 Å². The van der Waals surface area contributed by atoms with Crippen LogP contribution in [-0.2, 0) is 16.1 Å². The molecule has 0 saturated carbocycles. The molecule has 2 aromatic carbocycles. The molecule has 6 nitrogen and oxygen atoms in total. The van der Waals surface area contributed by atoms with Crippen molar-refractivity contribution in [2.24, 2.45) is 0 Å². The van der Waals surface area contributed by atoms with Crippen LogP contribution in [0.2, 0.25) is 5.02 Å². The number of anilines is 1. The highest BCUT2D eigenvalue weighted by atomic mass is 79.9. The molecule has 142 valence electrons. The van der Waals surface area contributed by atoms with Gasteiger partial charge in [0.1, 0.15) is 5.82 Å². The summed E-state index contributed by atoms with van der Waals surface area (Å²) in [4.78, 5) is 25.8. The summed E-state index contributed by atoms with van der Waals surface area (Å²) in [6.45, 7) is -0.0148. The van der Waals surface area contributed by atoms with E-state index in [1.54, 1.807) is 24.3 Å². The average Bonchev–Trinajstić information content (AvgIpc) is 2.92. The van der Waals surface area contributed by atoms with E-state index in [0.29, 0.717) is 5.69 Å². The zero-order valence-electron chi connectivity index (χ0n) is 13.9. The van der Waals surface area contributed by atoms with Gasteiger partial charge >= 0.3 is 6.09 Å². The summed E-state index contributed by atoms with van der Waals surface area (Å²) in [5.41, 5.74) is 0.727. The monoisotopic (exact) mass is 456 g/mol. The third kappa shape index (κ3) is 4.23. The van der Waals surface area contributed by atoms with E-state index >= 15 is 0 Å². The highest BCUT2D eigenvalue weighted by Crippen LogP contribution is 2.30. The third-order valence-electron chi connectivity index (χ3n) is 4.11. The Balaban J connectivity index is 1.62. The highest BCUT2D eigenvalue weighted by Gasteiger charge is 2.49. The number of hydrogen-bond donors (Lipinski definition) is 2. The van der Waals surface area contributed by atoms with Gasteiger partial charge in [-0.1, -0.05) is 39.7 Å². The molecule has 1 saturated heterocycles. The highest BCUT2D eigenvalue weighted by molar-refractivity contribution is 9.10. The zero-order chi connectivity index (χ0) is 19.6. The number of carbonyl (C=O) groups is 2. The SMILES string of the molecule is O=C(NCc1cccc(Cl)c1F)O[C@]1(O)CCN(c2ccc(Br)cc2)C1=O. The first-order valence-corrected chi connectivity index (χ1v) is 9.17. The minimum absolute atomic E-state index is 0.0718. The molecule has 1 heterocycles. The molecule has 0 radical (unpaired) electrons. The second-order valence-electron chi connectivity index (χ2n) is 5.92. The molecule has 0 aromatic heterocycles. The number of nitrogens with one attached hydrogen (secondary N) is 1. The van der Waals surface area contributed by atoms with Crippen molar-refractivity contribution >= 4 is 45.2 Å². The molecule has 27 heavy (non-hydrogen) atoms. The second-order valence-corrected chi connectivity index (χ2v) is 7.25. The van der Waals surface area contributed by atoms with Gasteiger partial charge < -0.3 is 20.1 Å². The van der Waals surface area contributed by atoms with Crippen LogP contribution >= 0.6 is 27.5 Å². The molecule has 2 amide bonds. The van der Waals surface area contributed by atoms with Crippen LogP contribution in [0, 0.1) is 5.82 Å².